The first kappa shape index (κ1) is 12.8. The fourth-order valence-electron chi connectivity index (χ4n) is 1.61. The van der Waals surface area contributed by atoms with E-state index >= 15 is 0 Å². The molecule has 2 rings (SSSR count). The summed E-state index contributed by atoms with van der Waals surface area (Å²) in [5.41, 5.74) is 1.26. The molecule has 0 bridgehead atoms. The van der Waals surface area contributed by atoms with E-state index in [1.165, 1.54) is 13.3 Å². The monoisotopic (exact) mass is 255 g/mol. The maximum absolute atomic E-state index is 11.5. The summed E-state index contributed by atoms with van der Waals surface area (Å²) in [6.07, 6.45) is 1.96. The number of hydrogen-bond acceptors (Lipinski definition) is 3. The van der Waals surface area contributed by atoms with Crippen molar-refractivity contribution < 1.29 is 4.79 Å². The van der Waals surface area contributed by atoms with Crippen LogP contribution in [0.25, 0.3) is 10.9 Å². The zero-order valence-electron chi connectivity index (χ0n) is 10.5. The third kappa shape index (κ3) is 3.42. The molecule has 0 saturated heterocycles. The van der Waals surface area contributed by atoms with Gasteiger partial charge in [0.2, 0.25) is 5.91 Å². The topological polar surface area (TPSA) is 74.8 Å². The highest BCUT2D eigenvalue weighted by Crippen LogP contribution is 2.08. The molecule has 0 aliphatic carbocycles. The average Bonchev–Trinajstić information content (AvgIpc) is 2.38. The molecule has 0 saturated carbocycles. The molecule has 2 aromatic rings. The molecule has 1 amide bonds. The van der Waals surface area contributed by atoms with Gasteiger partial charge in [0, 0.05) is 25.5 Å². The molecular formula is C14H13N3O2. The van der Waals surface area contributed by atoms with Crippen LogP contribution >= 0.6 is 0 Å². The van der Waals surface area contributed by atoms with Crippen LogP contribution in [0.4, 0.5) is 0 Å². The van der Waals surface area contributed by atoms with Crippen molar-refractivity contribution in [2.75, 3.05) is 6.54 Å². The molecule has 1 aromatic carbocycles. The van der Waals surface area contributed by atoms with E-state index in [-0.39, 0.29) is 11.5 Å². The second kappa shape index (κ2) is 5.83. The van der Waals surface area contributed by atoms with Crippen molar-refractivity contribution in [3.63, 3.8) is 0 Å². The van der Waals surface area contributed by atoms with E-state index in [1.807, 2.05) is 0 Å². The second-order valence-corrected chi connectivity index (χ2v) is 4.00. The van der Waals surface area contributed by atoms with Crippen LogP contribution in [0.3, 0.4) is 0 Å². The average molecular weight is 255 g/mol. The van der Waals surface area contributed by atoms with Gasteiger partial charge >= 0.3 is 0 Å². The molecule has 1 heterocycles. The van der Waals surface area contributed by atoms with Crippen LogP contribution in [0.5, 0.6) is 0 Å². The molecule has 96 valence electrons. The van der Waals surface area contributed by atoms with E-state index in [9.17, 15) is 9.59 Å². The number of carbonyl (C=O) groups excluding carboxylic acids is 1. The van der Waals surface area contributed by atoms with E-state index in [4.69, 9.17) is 0 Å². The predicted molar refractivity (Wildman–Crippen MR) is 72.5 cm³/mol. The third-order valence-electron chi connectivity index (χ3n) is 2.50. The van der Waals surface area contributed by atoms with Gasteiger partial charge in [-0.25, -0.2) is 4.98 Å². The van der Waals surface area contributed by atoms with E-state index in [2.05, 4.69) is 27.1 Å². The Hall–Kier alpha value is -2.61. The van der Waals surface area contributed by atoms with Crippen molar-refractivity contribution in [1.29, 1.82) is 0 Å². The molecule has 1 aromatic heterocycles. The van der Waals surface area contributed by atoms with Crippen molar-refractivity contribution in [1.82, 2.24) is 15.3 Å². The molecular weight excluding hydrogens is 242 g/mol. The lowest BCUT2D eigenvalue weighted by Crippen LogP contribution is -2.20. The lowest BCUT2D eigenvalue weighted by molar-refractivity contribution is -0.118. The molecule has 19 heavy (non-hydrogen) atoms. The molecule has 0 fully saturated rings. The quantitative estimate of drug-likeness (QED) is 0.615. The van der Waals surface area contributed by atoms with Crippen molar-refractivity contribution >= 4 is 16.8 Å². The van der Waals surface area contributed by atoms with Crippen LogP contribution < -0.4 is 10.9 Å². The van der Waals surface area contributed by atoms with Crippen LogP contribution in [0.1, 0.15) is 18.9 Å². The number of rotatable bonds is 2. The summed E-state index contributed by atoms with van der Waals surface area (Å²) in [6.45, 7) is 2.01. The third-order valence-corrected chi connectivity index (χ3v) is 2.50. The molecule has 5 nitrogen and oxygen atoms in total. The zero-order chi connectivity index (χ0) is 13.7. The van der Waals surface area contributed by atoms with E-state index < -0.39 is 0 Å². The van der Waals surface area contributed by atoms with Crippen molar-refractivity contribution in [3.05, 3.63) is 40.4 Å². The first-order valence-electron chi connectivity index (χ1n) is 5.87. The highest BCUT2D eigenvalue weighted by atomic mass is 16.1. The molecule has 0 aliphatic rings. The summed E-state index contributed by atoms with van der Waals surface area (Å²) >= 11 is 0. The van der Waals surface area contributed by atoms with Crippen LogP contribution in [-0.2, 0) is 4.79 Å². The SMILES string of the molecule is CC(=O)NCCC#Cc1ccc2c(=O)[nH]cnc2c1. The van der Waals surface area contributed by atoms with Crippen molar-refractivity contribution in [2.45, 2.75) is 13.3 Å². The minimum absolute atomic E-state index is 0.0593. The van der Waals surface area contributed by atoms with Crippen molar-refractivity contribution in [2.24, 2.45) is 0 Å². The fourth-order valence-corrected chi connectivity index (χ4v) is 1.61. The number of H-pyrrole nitrogens is 1. The number of aromatic nitrogens is 2. The number of carbonyl (C=O) groups is 1. The Morgan fingerprint density at radius 3 is 3.11 bits per heavy atom. The van der Waals surface area contributed by atoms with Gasteiger partial charge in [0.15, 0.2) is 0 Å². The Labute approximate surface area is 110 Å². The summed E-state index contributed by atoms with van der Waals surface area (Å²) in [6, 6.07) is 5.26. The molecule has 0 radical (unpaired) electrons. The summed E-state index contributed by atoms with van der Waals surface area (Å²) < 4.78 is 0. The Morgan fingerprint density at radius 2 is 2.32 bits per heavy atom. The molecule has 2 N–H and O–H groups in total. The summed E-state index contributed by atoms with van der Waals surface area (Å²) in [4.78, 5) is 28.7. The molecule has 5 heteroatoms. The van der Waals surface area contributed by atoms with Gasteiger partial charge in [-0.2, -0.15) is 0 Å². The molecule has 0 atom stereocenters. The largest absolute Gasteiger partial charge is 0.355 e. The van der Waals surface area contributed by atoms with E-state index in [1.54, 1.807) is 18.2 Å². The summed E-state index contributed by atoms with van der Waals surface area (Å²) in [7, 11) is 0. The van der Waals surface area contributed by atoms with Crippen molar-refractivity contribution in [3.8, 4) is 11.8 Å². The smallest absolute Gasteiger partial charge is 0.258 e. The highest BCUT2D eigenvalue weighted by molar-refractivity contribution is 5.78. The number of hydrogen-bond donors (Lipinski definition) is 2. The van der Waals surface area contributed by atoms with E-state index in [0.717, 1.165) is 5.56 Å². The molecule has 0 aliphatic heterocycles. The second-order valence-electron chi connectivity index (χ2n) is 4.00. The number of aromatic amines is 1. The first-order chi connectivity index (χ1) is 9.16. The van der Waals surface area contributed by atoms with Gasteiger partial charge < -0.3 is 10.3 Å². The lowest BCUT2D eigenvalue weighted by atomic mass is 10.1. The van der Waals surface area contributed by atoms with Gasteiger partial charge in [-0.15, -0.1) is 0 Å². The molecule has 0 spiro atoms. The normalized spacial score (nSPS) is 9.74. The predicted octanol–water partition coefficient (Wildman–Crippen LogP) is 0.801. The maximum Gasteiger partial charge on any atom is 0.258 e. The Kier molecular flexibility index (Phi) is 3.94. The standard InChI is InChI=1S/C14H13N3O2/c1-10(18)15-7-3-2-4-11-5-6-12-13(8-11)16-9-17-14(12)19/h5-6,8-9H,3,7H2,1H3,(H,15,18)(H,16,17,19). The van der Waals surface area contributed by atoms with Gasteiger partial charge in [0.1, 0.15) is 0 Å². The highest BCUT2D eigenvalue weighted by Gasteiger charge is 1.98. The number of nitrogens with zero attached hydrogens (tertiary/aromatic N) is 1. The van der Waals surface area contributed by atoms with E-state index in [0.29, 0.717) is 23.9 Å². The number of fused-ring (bicyclic) bond motifs is 1. The number of amides is 1. The fraction of sp³-hybridized carbons (Fsp3) is 0.214. The first-order valence-corrected chi connectivity index (χ1v) is 5.87. The van der Waals surface area contributed by atoms with Crippen LogP contribution in [0.2, 0.25) is 0 Å². The number of nitrogens with one attached hydrogen (secondary N) is 2. The van der Waals surface area contributed by atoms with Gasteiger partial charge in [0.05, 0.1) is 17.2 Å². The van der Waals surface area contributed by atoms with Gasteiger partial charge in [-0.3, -0.25) is 9.59 Å². The number of benzene rings is 1. The Morgan fingerprint density at radius 1 is 1.47 bits per heavy atom. The van der Waals surface area contributed by atoms with Crippen LogP contribution in [0.15, 0.2) is 29.3 Å². The molecule has 0 unspecified atom stereocenters. The van der Waals surface area contributed by atoms with Gasteiger partial charge in [0.25, 0.3) is 5.56 Å². The van der Waals surface area contributed by atoms with Gasteiger partial charge in [-0.1, -0.05) is 11.8 Å². The van der Waals surface area contributed by atoms with Crippen LogP contribution in [0, 0.1) is 11.8 Å². The minimum Gasteiger partial charge on any atom is -0.355 e. The Balaban J connectivity index is 2.12. The zero-order valence-corrected chi connectivity index (χ0v) is 10.5. The Bertz CT molecular complexity index is 723. The summed E-state index contributed by atoms with van der Waals surface area (Å²) in [5, 5.41) is 3.22. The van der Waals surface area contributed by atoms with Crippen LogP contribution in [-0.4, -0.2) is 22.4 Å². The maximum atomic E-state index is 11.5. The van der Waals surface area contributed by atoms with Gasteiger partial charge in [-0.05, 0) is 18.2 Å². The summed E-state index contributed by atoms with van der Waals surface area (Å²) in [5.74, 6) is 5.88. The minimum atomic E-state index is -0.157. The lowest BCUT2D eigenvalue weighted by Gasteiger charge is -1.96.